The van der Waals surface area contributed by atoms with Gasteiger partial charge >= 0.3 is 0 Å². The number of allylic oxidation sites excluding steroid dienone is 3. The maximum Gasteiger partial charge on any atom is 0.280 e. The summed E-state index contributed by atoms with van der Waals surface area (Å²) in [7, 11) is 0. The minimum atomic E-state index is 0.653. The van der Waals surface area contributed by atoms with Crippen LogP contribution in [0.5, 0.6) is 0 Å². The zero-order valence-electron chi connectivity index (χ0n) is 29.6. The standard InChI is InChI=1S/C40H78BN/c1-4-7-10-13-16-19-22-25-28-31-35-40-36-34-38-41(37-32-29-26-23-20-17-14-11-8-5-2)42(40)39-33-30-27-24-21-18-15-12-9-6-3/h34,36,38H,4-33,35,37,39H2,1-3H3. The molecule has 0 radical (unpaired) electrons. The molecule has 0 atom stereocenters. The Morgan fingerprint density at radius 3 is 1.21 bits per heavy atom. The molecule has 0 N–H and O–H groups in total. The van der Waals surface area contributed by atoms with Crippen LogP contribution in [0, 0.1) is 0 Å². The minimum absolute atomic E-state index is 0.653. The van der Waals surface area contributed by atoms with Crippen LogP contribution in [0.1, 0.15) is 220 Å². The summed E-state index contributed by atoms with van der Waals surface area (Å²) in [6.45, 7) is 8.89. The molecule has 0 fully saturated rings. The van der Waals surface area contributed by atoms with Gasteiger partial charge < -0.3 is 4.81 Å². The van der Waals surface area contributed by atoms with Gasteiger partial charge in [0.15, 0.2) is 0 Å². The van der Waals surface area contributed by atoms with Gasteiger partial charge in [-0.15, -0.1) is 0 Å². The van der Waals surface area contributed by atoms with Crippen LogP contribution < -0.4 is 0 Å². The molecule has 1 nitrogen and oxygen atoms in total. The van der Waals surface area contributed by atoms with Crippen molar-refractivity contribution in [1.82, 2.24) is 4.81 Å². The maximum atomic E-state index is 2.85. The van der Waals surface area contributed by atoms with Gasteiger partial charge in [0.05, 0.1) is 0 Å². The van der Waals surface area contributed by atoms with Crippen LogP contribution in [0.25, 0.3) is 0 Å². The highest BCUT2D eigenvalue weighted by molar-refractivity contribution is 6.62. The first-order valence-corrected chi connectivity index (χ1v) is 20.0. The molecular formula is C40H78BN. The van der Waals surface area contributed by atoms with Crippen LogP contribution in [0.3, 0.4) is 0 Å². The van der Waals surface area contributed by atoms with E-state index in [9.17, 15) is 0 Å². The van der Waals surface area contributed by atoms with Gasteiger partial charge in [-0.05, 0) is 31.7 Å². The second kappa shape index (κ2) is 31.8. The number of unbranched alkanes of at least 4 members (excludes halogenated alkanes) is 27. The van der Waals surface area contributed by atoms with Gasteiger partial charge in [-0.3, -0.25) is 0 Å². The second-order valence-corrected chi connectivity index (χ2v) is 13.9. The molecule has 1 aliphatic rings. The van der Waals surface area contributed by atoms with Gasteiger partial charge in [-0.25, -0.2) is 0 Å². The molecule has 1 heterocycles. The van der Waals surface area contributed by atoms with Gasteiger partial charge in [-0.1, -0.05) is 213 Å². The van der Waals surface area contributed by atoms with Crippen LogP contribution in [-0.4, -0.2) is 18.2 Å². The first kappa shape index (κ1) is 39.4. The molecule has 1 aliphatic heterocycles. The average Bonchev–Trinajstić information content (AvgIpc) is 3.00. The molecule has 1 rings (SSSR count). The molecule has 0 aromatic rings. The third kappa shape index (κ3) is 23.8. The molecule has 0 unspecified atom stereocenters. The van der Waals surface area contributed by atoms with Crippen molar-refractivity contribution < 1.29 is 0 Å². The van der Waals surface area contributed by atoms with Gasteiger partial charge in [0, 0.05) is 12.2 Å². The van der Waals surface area contributed by atoms with Gasteiger partial charge in [0.1, 0.15) is 0 Å². The van der Waals surface area contributed by atoms with Gasteiger partial charge in [0.2, 0.25) is 0 Å². The molecule has 0 aromatic carbocycles. The van der Waals surface area contributed by atoms with Gasteiger partial charge in [0.25, 0.3) is 6.85 Å². The fourth-order valence-corrected chi connectivity index (χ4v) is 6.90. The van der Waals surface area contributed by atoms with Crippen molar-refractivity contribution in [3.63, 3.8) is 0 Å². The highest BCUT2D eigenvalue weighted by atomic mass is 15.1. The number of nitrogens with zero attached hydrogens (tertiary/aromatic N) is 1. The van der Waals surface area contributed by atoms with E-state index >= 15 is 0 Å². The van der Waals surface area contributed by atoms with E-state index < -0.39 is 0 Å². The van der Waals surface area contributed by atoms with E-state index in [-0.39, 0.29) is 0 Å². The molecular weight excluding hydrogens is 505 g/mol. The fourth-order valence-electron chi connectivity index (χ4n) is 6.90. The van der Waals surface area contributed by atoms with Crippen molar-refractivity contribution in [3.8, 4) is 0 Å². The maximum absolute atomic E-state index is 2.85. The molecule has 2 heteroatoms. The summed E-state index contributed by atoms with van der Waals surface area (Å²) < 4.78 is 0. The minimum Gasteiger partial charge on any atom is -0.414 e. The number of rotatable bonds is 33. The Morgan fingerprint density at radius 2 is 0.786 bits per heavy atom. The van der Waals surface area contributed by atoms with Crippen molar-refractivity contribution in [1.29, 1.82) is 0 Å². The molecule has 0 saturated carbocycles. The lowest BCUT2D eigenvalue weighted by atomic mass is 9.54. The van der Waals surface area contributed by atoms with E-state index in [1.54, 1.807) is 5.70 Å². The normalized spacial score (nSPS) is 13.4. The second-order valence-electron chi connectivity index (χ2n) is 13.9. The lowest BCUT2D eigenvalue weighted by Crippen LogP contribution is -2.39. The smallest absolute Gasteiger partial charge is 0.280 e. The quantitative estimate of drug-likeness (QED) is 0.0548. The predicted octanol–water partition coefficient (Wildman–Crippen LogP) is 14.4. The Bertz CT molecular complexity index is 596. The summed E-state index contributed by atoms with van der Waals surface area (Å²) in [5.74, 6) is 2.53. The van der Waals surface area contributed by atoms with E-state index in [4.69, 9.17) is 0 Å². The molecule has 0 amide bonds. The Labute approximate surface area is 267 Å². The lowest BCUT2D eigenvalue weighted by Gasteiger charge is -2.35. The number of hydrogen-bond acceptors (Lipinski definition) is 1. The summed E-state index contributed by atoms with van der Waals surface area (Å²) in [4.78, 5) is 2.85. The molecule has 0 bridgehead atoms. The van der Waals surface area contributed by atoms with Gasteiger partial charge in [-0.2, -0.15) is 0 Å². The molecule has 0 spiro atoms. The Balaban J connectivity index is 2.33. The van der Waals surface area contributed by atoms with Crippen LogP contribution in [-0.2, 0) is 0 Å². The molecule has 0 aromatic heterocycles. The Hall–Kier alpha value is -0.655. The largest absolute Gasteiger partial charge is 0.414 e. The van der Waals surface area contributed by atoms with Crippen molar-refractivity contribution in [2.45, 2.75) is 226 Å². The third-order valence-electron chi connectivity index (χ3n) is 9.78. The van der Waals surface area contributed by atoms with E-state index in [0.29, 0.717) is 6.85 Å². The average molecular weight is 584 g/mol. The molecule has 0 saturated heterocycles. The third-order valence-corrected chi connectivity index (χ3v) is 9.78. The molecule has 42 heavy (non-hydrogen) atoms. The zero-order valence-corrected chi connectivity index (χ0v) is 29.6. The molecule has 0 aliphatic carbocycles. The van der Waals surface area contributed by atoms with E-state index in [2.05, 4.69) is 43.7 Å². The zero-order chi connectivity index (χ0) is 30.2. The Morgan fingerprint density at radius 1 is 0.429 bits per heavy atom. The Kier molecular flexibility index (Phi) is 29.8. The van der Waals surface area contributed by atoms with E-state index in [1.165, 1.54) is 212 Å². The fraction of sp³-hybridized carbons (Fsp3) is 0.900. The highest BCUT2D eigenvalue weighted by Crippen LogP contribution is 2.25. The first-order chi connectivity index (χ1) is 20.8. The van der Waals surface area contributed by atoms with Crippen molar-refractivity contribution in [2.75, 3.05) is 6.54 Å². The summed E-state index contributed by atoms with van der Waals surface area (Å²) >= 11 is 0. The summed E-state index contributed by atoms with van der Waals surface area (Å²) in [5.41, 5.74) is 1.66. The SMILES string of the molecule is CCCCCCCCCCCCB1C=CC=C(CCCCCCCCCCCC)N1CCCCCCCCCCCC. The topological polar surface area (TPSA) is 3.24 Å². The van der Waals surface area contributed by atoms with Crippen molar-refractivity contribution >= 4 is 6.85 Å². The van der Waals surface area contributed by atoms with Crippen molar-refractivity contribution in [3.05, 3.63) is 23.8 Å². The van der Waals surface area contributed by atoms with Crippen molar-refractivity contribution in [2.24, 2.45) is 0 Å². The monoisotopic (exact) mass is 584 g/mol. The first-order valence-electron chi connectivity index (χ1n) is 20.0. The summed E-state index contributed by atoms with van der Waals surface area (Å²) in [5, 5.41) is 0. The lowest BCUT2D eigenvalue weighted by molar-refractivity contribution is 0.454. The van der Waals surface area contributed by atoms with E-state index in [1.807, 2.05) is 0 Å². The predicted molar refractivity (Wildman–Crippen MR) is 195 cm³/mol. The number of hydrogen-bond donors (Lipinski definition) is 0. The molecule has 246 valence electrons. The van der Waals surface area contributed by atoms with Crippen LogP contribution >= 0.6 is 0 Å². The summed E-state index contributed by atoms with van der Waals surface area (Å²) in [6, 6.07) is 0. The van der Waals surface area contributed by atoms with Crippen LogP contribution in [0.4, 0.5) is 0 Å². The van der Waals surface area contributed by atoms with Crippen LogP contribution in [0.2, 0.25) is 6.32 Å². The van der Waals surface area contributed by atoms with E-state index in [0.717, 1.165) is 0 Å². The highest BCUT2D eigenvalue weighted by Gasteiger charge is 2.24. The van der Waals surface area contributed by atoms with Crippen LogP contribution in [0.15, 0.2) is 23.8 Å². The summed E-state index contributed by atoms with van der Waals surface area (Å²) in [6.07, 6.45) is 50.6.